The first kappa shape index (κ1) is 24.1. The fourth-order valence-electron chi connectivity index (χ4n) is 5.66. The lowest BCUT2D eigenvalue weighted by atomic mass is 9.84. The highest BCUT2D eigenvalue weighted by atomic mass is 32.2. The molecule has 188 valence electrons. The van der Waals surface area contributed by atoms with E-state index in [0.717, 1.165) is 6.42 Å². The Kier molecular flexibility index (Phi) is 6.98. The van der Waals surface area contributed by atoms with Crippen LogP contribution in [0.4, 0.5) is 0 Å². The second-order valence-electron chi connectivity index (χ2n) is 9.77. The van der Waals surface area contributed by atoms with Crippen LogP contribution in [0.15, 0.2) is 52.0 Å². The number of carbonyl (C=O) groups excluding carboxylic acids is 2. The molecule has 1 atom stereocenters. The average Bonchev–Trinajstić information content (AvgIpc) is 3.61. The van der Waals surface area contributed by atoms with Gasteiger partial charge >= 0.3 is 0 Å². The van der Waals surface area contributed by atoms with Crippen molar-refractivity contribution in [2.24, 2.45) is 0 Å². The number of nitrogens with zero attached hydrogens (tertiary/aromatic N) is 3. The molecule has 3 heterocycles. The second kappa shape index (κ2) is 10.1. The molecule has 1 saturated carbocycles. The van der Waals surface area contributed by atoms with Crippen molar-refractivity contribution in [1.29, 1.82) is 0 Å². The molecule has 3 fully saturated rings. The SMILES string of the molecule is O=C([C@@H]1CCCN1C(=O)c1ccco1)N1CCN(S(=O)(=O)c2ccc(C3CCCCC3)cc2)CC1. The van der Waals surface area contributed by atoms with Gasteiger partial charge in [0.15, 0.2) is 5.76 Å². The number of rotatable bonds is 5. The average molecular weight is 500 g/mol. The number of furan rings is 1. The molecule has 5 rings (SSSR count). The van der Waals surface area contributed by atoms with E-state index in [4.69, 9.17) is 4.42 Å². The molecule has 3 aliphatic rings. The summed E-state index contributed by atoms with van der Waals surface area (Å²) in [7, 11) is -3.61. The Balaban J connectivity index is 1.20. The normalized spacial score (nSPS) is 22.5. The molecular formula is C26H33N3O5S. The summed E-state index contributed by atoms with van der Waals surface area (Å²) in [5.74, 6) is 0.375. The molecule has 8 nitrogen and oxygen atoms in total. The molecule has 1 aliphatic carbocycles. The number of amides is 2. The van der Waals surface area contributed by atoms with Gasteiger partial charge in [0.05, 0.1) is 11.2 Å². The number of likely N-dealkylation sites (tertiary alicyclic amines) is 1. The third kappa shape index (κ3) is 4.89. The summed E-state index contributed by atoms with van der Waals surface area (Å²) in [6.45, 7) is 1.64. The Labute approximate surface area is 206 Å². The van der Waals surface area contributed by atoms with Crippen LogP contribution in [0.2, 0.25) is 0 Å². The van der Waals surface area contributed by atoms with Crippen LogP contribution in [0.3, 0.4) is 0 Å². The minimum Gasteiger partial charge on any atom is -0.459 e. The van der Waals surface area contributed by atoms with Crippen molar-refractivity contribution in [3.63, 3.8) is 0 Å². The highest BCUT2D eigenvalue weighted by Crippen LogP contribution is 2.33. The predicted molar refractivity (Wildman–Crippen MR) is 130 cm³/mol. The molecule has 0 radical (unpaired) electrons. The first-order valence-corrected chi connectivity index (χ1v) is 14.1. The topological polar surface area (TPSA) is 91.1 Å². The van der Waals surface area contributed by atoms with Crippen molar-refractivity contribution in [3.05, 3.63) is 54.0 Å². The molecule has 9 heteroatoms. The summed E-state index contributed by atoms with van der Waals surface area (Å²) in [4.78, 5) is 29.6. The first-order valence-electron chi connectivity index (χ1n) is 12.7. The van der Waals surface area contributed by atoms with Gasteiger partial charge in [-0.25, -0.2) is 8.42 Å². The smallest absolute Gasteiger partial charge is 0.290 e. The molecule has 2 saturated heterocycles. The molecule has 2 aromatic rings. The van der Waals surface area contributed by atoms with E-state index in [1.807, 2.05) is 12.1 Å². The van der Waals surface area contributed by atoms with Gasteiger partial charge < -0.3 is 14.2 Å². The Bertz CT molecular complexity index is 1130. The summed E-state index contributed by atoms with van der Waals surface area (Å²) in [5.41, 5.74) is 1.23. The summed E-state index contributed by atoms with van der Waals surface area (Å²) >= 11 is 0. The van der Waals surface area contributed by atoms with Crippen molar-refractivity contribution >= 4 is 21.8 Å². The Hall–Kier alpha value is -2.65. The molecule has 1 aromatic heterocycles. The molecule has 2 aliphatic heterocycles. The zero-order valence-electron chi connectivity index (χ0n) is 20.0. The maximum atomic E-state index is 13.2. The molecule has 1 aromatic carbocycles. The van der Waals surface area contributed by atoms with Crippen LogP contribution in [-0.2, 0) is 14.8 Å². The fraction of sp³-hybridized carbons (Fsp3) is 0.538. The summed E-state index contributed by atoms with van der Waals surface area (Å²) < 4.78 is 33.2. The maximum Gasteiger partial charge on any atom is 0.290 e. The van der Waals surface area contributed by atoms with Crippen LogP contribution >= 0.6 is 0 Å². The zero-order chi connectivity index (χ0) is 24.4. The van der Waals surface area contributed by atoms with Crippen molar-refractivity contribution in [3.8, 4) is 0 Å². The van der Waals surface area contributed by atoms with E-state index < -0.39 is 16.1 Å². The third-order valence-electron chi connectivity index (χ3n) is 7.68. The van der Waals surface area contributed by atoms with Crippen LogP contribution in [0.25, 0.3) is 0 Å². The summed E-state index contributed by atoms with van der Waals surface area (Å²) in [5, 5.41) is 0. The number of sulfonamides is 1. The van der Waals surface area contributed by atoms with Crippen LogP contribution in [0.1, 0.15) is 67.0 Å². The fourth-order valence-corrected chi connectivity index (χ4v) is 7.09. The van der Waals surface area contributed by atoms with E-state index in [1.165, 1.54) is 48.2 Å². The van der Waals surface area contributed by atoms with Gasteiger partial charge in [-0.1, -0.05) is 31.4 Å². The number of benzene rings is 1. The number of hydrogen-bond donors (Lipinski definition) is 0. The molecule has 0 spiro atoms. The quantitative estimate of drug-likeness (QED) is 0.628. The lowest BCUT2D eigenvalue weighted by Crippen LogP contribution is -2.55. The van der Waals surface area contributed by atoms with Crippen molar-refractivity contribution in [1.82, 2.24) is 14.1 Å². The molecular weight excluding hydrogens is 466 g/mol. The Morgan fingerprint density at radius 1 is 0.829 bits per heavy atom. The first-order chi connectivity index (χ1) is 16.9. The summed E-state index contributed by atoms with van der Waals surface area (Å²) in [6.07, 6.45) is 8.93. The second-order valence-corrected chi connectivity index (χ2v) is 11.7. The predicted octanol–water partition coefficient (Wildman–Crippen LogP) is 3.47. The highest BCUT2D eigenvalue weighted by Gasteiger charge is 2.39. The molecule has 2 amide bonds. The summed E-state index contributed by atoms with van der Waals surface area (Å²) in [6, 6.07) is 10.1. The van der Waals surface area contributed by atoms with Crippen LogP contribution < -0.4 is 0 Å². The van der Waals surface area contributed by atoms with Crippen LogP contribution in [0, 0.1) is 0 Å². The molecule has 0 bridgehead atoms. The van der Waals surface area contributed by atoms with Gasteiger partial charge in [0.25, 0.3) is 5.91 Å². The number of carbonyl (C=O) groups is 2. The molecule has 35 heavy (non-hydrogen) atoms. The maximum absolute atomic E-state index is 13.2. The monoisotopic (exact) mass is 499 g/mol. The van der Waals surface area contributed by atoms with E-state index in [2.05, 4.69) is 0 Å². The lowest BCUT2D eigenvalue weighted by Gasteiger charge is -2.36. The van der Waals surface area contributed by atoms with Gasteiger partial charge in [-0.05, 0) is 61.4 Å². The van der Waals surface area contributed by atoms with Gasteiger partial charge in [-0.2, -0.15) is 4.31 Å². The van der Waals surface area contributed by atoms with Crippen LogP contribution in [-0.4, -0.2) is 73.1 Å². The Morgan fingerprint density at radius 2 is 1.54 bits per heavy atom. The van der Waals surface area contributed by atoms with Crippen molar-refractivity contribution < 1.29 is 22.4 Å². The standard InChI is InChI=1S/C26H33N3O5S/c30-25(23-8-4-14-29(23)26(31)24-9-5-19-34-24)27-15-17-28(18-16-27)35(32,33)22-12-10-21(11-13-22)20-6-2-1-3-7-20/h5,9-13,19-20,23H,1-4,6-8,14-18H2/t23-/m0/s1. The van der Waals surface area contributed by atoms with Crippen LogP contribution in [0.5, 0.6) is 0 Å². The largest absolute Gasteiger partial charge is 0.459 e. The minimum absolute atomic E-state index is 0.115. The van der Waals surface area contributed by atoms with Gasteiger partial charge in [-0.3, -0.25) is 9.59 Å². The number of piperazine rings is 1. The van der Waals surface area contributed by atoms with Crippen molar-refractivity contribution in [2.45, 2.75) is 61.8 Å². The third-order valence-corrected chi connectivity index (χ3v) is 9.59. The van der Waals surface area contributed by atoms with E-state index >= 15 is 0 Å². The van der Waals surface area contributed by atoms with Gasteiger partial charge in [0, 0.05) is 32.7 Å². The van der Waals surface area contributed by atoms with Gasteiger partial charge in [0.1, 0.15) is 6.04 Å². The van der Waals surface area contributed by atoms with Crippen molar-refractivity contribution in [2.75, 3.05) is 32.7 Å². The Morgan fingerprint density at radius 3 is 2.20 bits per heavy atom. The minimum atomic E-state index is -3.61. The van der Waals surface area contributed by atoms with Gasteiger partial charge in [-0.15, -0.1) is 0 Å². The zero-order valence-corrected chi connectivity index (χ0v) is 20.8. The van der Waals surface area contributed by atoms with E-state index in [1.54, 1.807) is 34.1 Å². The highest BCUT2D eigenvalue weighted by molar-refractivity contribution is 7.89. The van der Waals surface area contributed by atoms with E-state index in [0.29, 0.717) is 36.9 Å². The number of hydrogen-bond acceptors (Lipinski definition) is 5. The van der Waals surface area contributed by atoms with E-state index in [-0.39, 0.29) is 30.7 Å². The molecule has 0 N–H and O–H groups in total. The molecule has 0 unspecified atom stereocenters. The van der Waals surface area contributed by atoms with E-state index in [9.17, 15) is 18.0 Å². The van der Waals surface area contributed by atoms with Gasteiger partial charge in [0.2, 0.25) is 15.9 Å². The lowest BCUT2D eigenvalue weighted by molar-refractivity contribution is -0.136.